The maximum Gasteiger partial charge on any atom is 0.261 e. The maximum atomic E-state index is 12.6. The predicted molar refractivity (Wildman–Crippen MR) is 122 cm³/mol. The molecular formula is C22H25N3O3S2. The van der Waals surface area contributed by atoms with Crippen LogP contribution in [0.2, 0.25) is 0 Å². The molecule has 1 aromatic heterocycles. The molecule has 6 nitrogen and oxygen atoms in total. The lowest BCUT2D eigenvalue weighted by Gasteiger charge is -2.24. The van der Waals surface area contributed by atoms with Crippen molar-refractivity contribution >= 4 is 33.0 Å². The normalized spacial score (nSPS) is 12.5. The molecule has 1 heterocycles. The fourth-order valence-electron chi connectivity index (χ4n) is 2.98. The highest BCUT2D eigenvalue weighted by Crippen LogP contribution is 2.21. The number of sulfonamides is 1. The molecule has 0 aliphatic rings. The Bertz CT molecular complexity index is 1080. The molecule has 3 aromatic rings. The van der Waals surface area contributed by atoms with Crippen molar-refractivity contribution < 1.29 is 13.2 Å². The molecule has 0 bridgehead atoms. The topological polar surface area (TPSA) is 78.5 Å². The fraction of sp³-hybridized carbons (Fsp3) is 0.227. The van der Waals surface area contributed by atoms with Crippen LogP contribution in [0.4, 0.5) is 5.69 Å². The number of hydrogen-bond donors (Lipinski definition) is 2. The third-order valence-corrected chi connectivity index (χ3v) is 6.84. The first-order valence-corrected chi connectivity index (χ1v) is 11.8. The molecule has 1 atom stereocenters. The van der Waals surface area contributed by atoms with Gasteiger partial charge in [0.2, 0.25) is 0 Å². The Balaban J connectivity index is 1.65. The van der Waals surface area contributed by atoms with Crippen LogP contribution in [0.15, 0.2) is 70.3 Å². The van der Waals surface area contributed by atoms with Gasteiger partial charge in [0.1, 0.15) is 0 Å². The van der Waals surface area contributed by atoms with Crippen LogP contribution in [0.1, 0.15) is 27.5 Å². The van der Waals surface area contributed by atoms with Gasteiger partial charge in [0, 0.05) is 17.8 Å². The largest absolute Gasteiger partial charge is 0.350 e. The van der Waals surface area contributed by atoms with Gasteiger partial charge in [0.15, 0.2) is 0 Å². The molecule has 30 heavy (non-hydrogen) atoms. The summed E-state index contributed by atoms with van der Waals surface area (Å²) in [5.74, 6) is -0.243. The highest BCUT2D eigenvalue weighted by atomic mass is 32.2. The van der Waals surface area contributed by atoms with Crippen molar-refractivity contribution in [2.45, 2.75) is 17.9 Å². The number of nitrogens with one attached hydrogen (secondary N) is 2. The van der Waals surface area contributed by atoms with E-state index in [4.69, 9.17) is 0 Å². The van der Waals surface area contributed by atoms with Gasteiger partial charge in [-0.2, -0.15) is 11.3 Å². The number of hydrogen-bond acceptors (Lipinski definition) is 5. The molecule has 0 saturated carbocycles. The van der Waals surface area contributed by atoms with Crippen molar-refractivity contribution in [3.05, 3.63) is 82.0 Å². The van der Waals surface area contributed by atoms with E-state index in [1.807, 2.05) is 44.6 Å². The Morgan fingerprint density at radius 3 is 2.27 bits per heavy atom. The van der Waals surface area contributed by atoms with Crippen molar-refractivity contribution in [1.82, 2.24) is 10.2 Å². The Kier molecular flexibility index (Phi) is 6.91. The number of nitrogens with zero attached hydrogens (tertiary/aromatic N) is 1. The van der Waals surface area contributed by atoms with E-state index in [1.165, 1.54) is 24.3 Å². The Hall–Kier alpha value is -2.68. The molecule has 1 unspecified atom stereocenters. The van der Waals surface area contributed by atoms with Gasteiger partial charge in [-0.05, 0) is 79.8 Å². The molecule has 0 aliphatic carbocycles. The zero-order chi connectivity index (χ0) is 21.7. The van der Waals surface area contributed by atoms with Crippen LogP contribution >= 0.6 is 11.3 Å². The number of anilines is 1. The van der Waals surface area contributed by atoms with Crippen LogP contribution < -0.4 is 10.0 Å². The zero-order valence-corrected chi connectivity index (χ0v) is 18.8. The van der Waals surface area contributed by atoms with Crippen LogP contribution in [0.3, 0.4) is 0 Å². The Morgan fingerprint density at radius 1 is 1.03 bits per heavy atom. The second-order valence-electron chi connectivity index (χ2n) is 7.24. The molecule has 3 rings (SSSR count). The van der Waals surface area contributed by atoms with Gasteiger partial charge >= 0.3 is 0 Å². The van der Waals surface area contributed by atoms with E-state index in [9.17, 15) is 13.2 Å². The Labute approximate surface area is 181 Å². The smallest absolute Gasteiger partial charge is 0.261 e. The van der Waals surface area contributed by atoms with Crippen molar-refractivity contribution in [2.24, 2.45) is 0 Å². The molecule has 0 fully saturated rings. The lowest BCUT2D eigenvalue weighted by atomic mass is 10.1. The molecule has 0 radical (unpaired) electrons. The molecule has 2 aromatic carbocycles. The molecule has 158 valence electrons. The van der Waals surface area contributed by atoms with Gasteiger partial charge in [0.05, 0.1) is 10.9 Å². The summed E-state index contributed by atoms with van der Waals surface area (Å²) in [6, 6.07) is 15.1. The monoisotopic (exact) mass is 443 g/mol. The van der Waals surface area contributed by atoms with E-state index in [0.29, 0.717) is 17.8 Å². The van der Waals surface area contributed by atoms with Crippen LogP contribution in [0.25, 0.3) is 0 Å². The minimum Gasteiger partial charge on any atom is -0.350 e. The van der Waals surface area contributed by atoms with Crippen LogP contribution in [0.5, 0.6) is 0 Å². The van der Waals surface area contributed by atoms with Gasteiger partial charge in [-0.15, -0.1) is 0 Å². The molecule has 0 aliphatic heterocycles. The molecular weight excluding hydrogens is 418 g/mol. The van der Waals surface area contributed by atoms with Gasteiger partial charge in [-0.1, -0.05) is 17.7 Å². The first-order chi connectivity index (χ1) is 14.3. The zero-order valence-electron chi connectivity index (χ0n) is 17.1. The first kappa shape index (κ1) is 22.0. The third-order valence-electron chi connectivity index (χ3n) is 4.74. The summed E-state index contributed by atoms with van der Waals surface area (Å²) in [6.07, 6.45) is 0. The lowest BCUT2D eigenvalue weighted by molar-refractivity contribution is 0.0942. The standard InChI is InChI=1S/C22H25N3O3S2/c1-16-4-8-19(9-5-16)24-30(27,28)20-10-6-17(7-11-20)22(26)23-14-21(25(2)3)18-12-13-29-15-18/h4-13,15,21,24H,14H2,1-3H3,(H,23,26). The van der Waals surface area contributed by atoms with Gasteiger partial charge in [-0.25, -0.2) is 8.42 Å². The van der Waals surface area contributed by atoms with E-state index >= 15 is 0 Å². The van der Waals surface area contributed by atoms with Crippen LogP contribution in [-0.2, 0) is 10.0 Å². The quantitative estimate of drug-likeness (QED) is 0.554. The summed E-state index contributed by atoms with van der Waals surface area (Å²) in [6.45, 7) is 2.39. The molecule has 2 N–H and O–H groups in total. The van der Waals surface area contributed by atoms with E-state index in [2.05, 4.69) is 20.3 Å². The van der Waals surface area contributed by atoms with E-state index in [0.717, 1.165) is 11.1 Å². The number of aryl methyl sites for hydroxylation is 1. The van der Waals surface area contributed by atoms with E-state index in [1.54, 1.807) is 23.5 Å². The number of likely N-dealkylation sites (N-methyl/N-ethyl adjacent to an activating group) is 1. The van der Waals surface area contributed by atoms with Gasteiger partial charge < -0.3 is 10.2 Å². The average Bonchev–Trinajstić information content (AvgIpc) is 3.24. The second kappa shape index (κ2) is 9.42. The van der Waals surface area contributed by atoms with Crippen molar-refractivity contribution in [1.29, 1.82) is 0 Å². The third kappa shape index (κ3) is 5.47. The van der Waals surface area contributed by atoms with E-state index in [-0.39, 0.29) is 16.8 Å². The summed E-state index contributed by atoms with van der Waals surface area (Å²) in [4.78, 5) is 14.7. The van der Waals surface area contributed by atoms with E-state index < -0.39 is 10.0 Å². The van der Waals surface area contributed by atoms with Crippen LogP contribution in [0, 0.1) is 6.92 Å². The molecule has 8 heteroatoms. The summed E-state index contributed by atoms with van der Waals surface area (Å²) in [5, 5.41) is 7.01. The van der Waals surface area contributed by atoms with Crippen molar-refractivity contribution in [3.63, 3.8) is 0 Å². The second-order valence-corrected chi connectivity index (χ2v) is 9.70. The lowest BCUT2D eigenvalue weighted by Crippen LogP contribution is -2.34. The van der Waals surface area contributed by atoms with Crippen molar-refractivity contribution in [2.75, 3.05) is 25.4 Å². The highest BCUT2D eigenvalue weighted by Gasteiger charge is 2.18. The number of amides is 1. The SMILES string of the molecule is Cc1ccc(NS(=O)(=O)c2ccc(C(=O)NCC(c3ccsc3)N(C)C)cc2)cc1. The number of thiophene rings is 1. The summed E-state index contributed by atoms with van der Waals surface area (Å²) < 4.78 is 27.7. The minimum atomic E-state index is -3.72. The Morgan fingerprint density at radius 2 is 1.70 bits per heavy atom. The molecule has 1 amide bonds. The number of carbonyl (C=O) groups excluding carboxylic acids is 1. The average molecular weight is 444 g/mol. The van der Waals surface area contributed by atoms with Gasteiger partial charge in [-0.3, -0.25) is 9.52 Å². The predicted octanol–water partition coefficient (Wildman–Crippen LogP) is 3.89. The number of rotatable bonds is 8. The molecule has 0 saturated heterocycles. The highest BCUT2D eigenvalue weighted by molar-refractivity contribution is 7.92. The summed E-state index contributed by atoms with van der Waals surface area (Å²) >= 11 is 1.62. The summed E-state index contributed by atoms with van der Waals surface area (Å²) in [5.41, 5.74) is 3.09. The minimum absolute atomic E-state index is 0.0681. The number of benzene rings is 2. The summed E-state index contributed by atoms with van der Waals surface area (Å²) in [7, 11) is 0.212. The number of carbonyl (C=O) groups is 1. The first-order valence-electron chi connectivity index (χ1n) is 9.42. The van der Waals surface area contributed by atoms with Crippen molar-refractivity contribution in [3.8, 4) is 0 Å². The maximum absolute atomic E-state index is 12.6. The van der Waals surface area contributed by atoms with Crippen LogP contribution in [-0.4, -0.2) is 39.9 Å². The fourth-order valence-corrected chi connectivity index (χ4v) is 4.74. The molecule has 0 spiro atoms. The van der Waals surface area contributed by atoms with Gasteiger partial charge in [0.25, 0.3) is 15.9 Å².